The molecule has 1 amide bonds. The van der Waals surface area contributed by atoms with E-state index in [0.29, 0.717) is 21.8 Å². The molecule has 0 bridgehead atoms. The maximum Gasteiger partial charge on any atom is 0.414 e. The molecule has 0 aliphatic rings. The monoisotopic (exact) mass is 430 g/mol. The van der Waals surface area contributed by atoms with Crippen LogP contribution in [0.4, 0.5) is 9.93 Å². The van der Waals surface area contributed by atoms with Crippen molar-refractivity contribution in [2.75, 3.05) is 12.0 Å². The number of aromatic nitrogens is 5. The molecule has 0 aliphatic heterocycles. The van der Waals surface area contributed by atoms with Crippen LogP contribution in [-0.4, -0.2) is 48.6 Å². The van der Waals surface area contributed by atoms with Gasteiger partial charge in [0.2, 0.25) is 11.0 Å². The van der Waals surface area contributed by atoms with Crippen LogP contribution in [0.2, 0.25) is 0 Å². The number of hydrogen-bond acceptors (Lipinski definition) is 8. The van der Waals surface area contributed by atoms with Crippen LogP contribution < -0.4 is 9.64 Å². The average Bonchev–Trinajstić information content (AvgIpc) is 3.23. The lowest BCUT2D eigenvalue weighted by atomic mass is 10.1. The molecule has 0 fully saturated rings. The van der Waals surface area contributed by atoms with E-state index in [-0.39, 0.29) is 0 Å². The van der Waals surface area contributed by atoms with Crippen LogP contribution in [0.1, 0.15) is 20.8 Å². The molecule has 3 aromatic heterocycles. The molecule has 1 aromatic carbocycles. The van der Waals surface area contributed by atoms with E-state index in [9.17, 15) is 9.90 Å². The highest BCUT2D eigenvalue weighted by Crippen LogP contribution is 2.36. The second-order valence-corrected chi connectivity index (χ2v) is 9.19. The van der Waals surface area contributed by atoms with E-state index in [1.165, 1.54) is 28.0 Å². The fourth-order valence-corrected chi connectivity index (χ4v) is 4.83. The van der Waals surface area contributed by atoms with Gasteiger partial charge in [-0.3, -0.25) is 0 Å². The van der Waals surface area contributed by atoms with Gasteiger partial charge in [-0.15, -0.1) is 15.3 Å². The molecule has 150 valence electrons. The molecule has 29 heavy (non-hydrogen) atoms. The molecule has 0 saturated heterocycles. The molecule has 4 rings (SSSR count). The van der Waals surface area contributed by atoms with Crippen LogP contribution in [-0.2, 0) is 0 Å². The number of methoxy groups -OCH3 is 1. The summed E-state index contributed by atoms with van der Waals surface area (Å²) in [5.74, 6) is 0.470. The lowest BCUT2D eigenvalue weighted by Crippen LogP contribution is -2.45. The number of nitrogens with zero attached hydrogens (tertiary/aromatic N) is 6. The van der Waals surface area contributed by atoms with E-state index in [1.807, 2.05) is 39.0 Å². The zero-order valence-electron chi connectivity index (χ0n) is 16.2. The molecule has 0 spiro atoms. The fourth-order valence-electron chi connectivity index (χ4n) is 2.74. The number of rotatable bonds is 4. The molecular formula is C18H18N6O3S2. The summed E-state index contributed by atoms with van der Waals surface area (Å²) in [7, 11) is 1.55. The standard InChI is InChI=1S/C18H18N6O3S2/c1-18(2,3)23(17(25)26)15-19-11-6-5-10(9-12(11)29-15)28-16-21-20-13-7-8-14(27-4)22-24(13)16/h5-9H,1-4H3,(H,25,26). The van der Waals surface area contributed by atoms with Gasteiger partial charge >= 0.3 is 6.09 Å². The van der Waals surface area contributed by atoms with Gasteiger partial charge in [0, 0.05) is 16.5 Å². The van der Waals surface area contributed by atoms with E-state index >= 15 is 0 Å². The molecule has 3 heterocycles. The number of anilines is 1. The van der Waals surface area contributed by atoms with E-state index < -0.39 is 11.6 Å². The maximum atomic E-state index is 11.7. The molecule has 1 N–H and O–H groups in total. The summed E-state index contributed by atoms with van der Waals surface area (Å²) in [4.78, 5) is 18.4. The number of fused-ring (bicyclic) bond motifs is 2. The van der Waals surface area contributed by atoms with Crippen molar-refractivity contribution in [1.29, 1.82) is 0 Å². The van der Waals surface area contributed by atoms with Gasteiger partial charge in [-0.05, 0) is 56.8 Å². The van der Waals surface area contributed by atoms with Gasteiger partial charge in [0.15, 0.2) is 10.8 Å². The van der Waals surface area contributed by atoms with Crippen molar-refractivity contribution in [3.05, 3.63) is 30.3 Å². The van der Waals surface area contributed by atoms with Gasteiger partial charge in [-0.1, -0.05) is 11.3 Å². The summed E-state index contributed by atoms with van der Waals surface area (Å²) >= 11 is 2.75. The molecule has 11 heteroatoms. The van der Waals surface area contributed by atoms with Gasteiger partial charge in [0.1, 0.15) is 0 Å². The molecule has 9 nitrogen and oxygen atoms in total. The Balaban J connectivity index is 1.69. The first kappa shape index (κ1) is 19.4. The van der Waals surface area contributed by atoms with Gasteiger partial charge in [-0.25, -0.2) is 14.7 Å². The zero-order valence-corrected chi connectivity index (χ0v) is 17.8. The first-order valence-corrected chi connectivity index (χ1v) is 10.3. The normalized spacial score (nSPS) is 11.9. The Bertz CT molecular complexity index is 1210. The number of hydrogen-bond donors (Lipinski definition) is 1. The molecule has 0 radical (unpaired) electrons. The number of carboxylic acid groups (broad SMARTS) is 1. The lowest BCUT2D eigenvalue weighted by Gasteiger charge is -2.30. The van der Waals surface area contributed by atoms with Crippen molar-refractivity contribution in [1.82, 2.24) is 24.8 Å². The third-order valence-electron chi connectivity index (χ3n) is 4.03. The first-order valence-electron chi connectivity index (χ1n) is 8.64. The highest BCUT2D eigenvalue weighted by Gasteiger charge is 2.30. The van der Waals surface area contributed by atoms with Gasteiger partial charge in [0.05, 0.1) is 17.3 Å². The smallest absolute Gasteiger partial charge is 0.414 e. The van der Waals surface area contributed by atoms with Crippen LogP contribution >= 0.6 is 23.1 Å². The second-order valence-electron chi connectivity index (χ2n) is 7.15. The van der Waals surface area contributed by atoms with Crippen LogP contribution in [0.5, 0.6) is 5.88 Å². The minimum atomic E-state index is -1.03. The minimum absolute atomic E-state index is 0.446. The Hall–Kier alpha value is -2.92. The van der Waals surface area contributed by atoms with Crippen LogP contribution in [0.15, 0.2) is 40.4 Å². The molecule has 0 saturated carbocycles. The number of carbonyl (C=O) groups is 1. The predicted octanol–water partition coefficient (Wildman–Crippen LogP) is 4.18. The molecule has 4 aromatic rings. The third-order valence-corrected chi connectivity index (χ3v) is 5.96. The average molecular weight is 431 g/mol. The SMILES string of the molecule is COc1ccc2nnc(Sc3ccc4nc(N(C(=O)O)C(C)(C)C)sc4c3)n2n1. The Labute approximate surface area is 174 Å². The largest absolute Gasteiger partial charge is 0.480 e. The summed E-state index contributed by atoms with van der Waals surface area (Å²) in [6, 6.07) is 9.27. The predicted molar refractivity (Wildman–Crippen MR) is 111 cm³/mol. The highest BCUT2D eigenvalue weighted by atomic mass is 32.2. The number of benzene rings is 1. The molecule has 0 unspecified atom stereocenters. The van der Waals surface area contributed by atoms with E-state index in [2.05, 4.69) is 20.3 Å². The van der Waals surface area contributed by atoms with Crippen molar-refractivity contribution in [3.8, 4) is 5.88 Å². The summed E-state index contributed by atoms with van der Waals surface area (Å²) in [5.41, 5.74) is 0.773. The third kappa shape index (κ3) is 3.70. The summed E-state index contributed by atoms with van der Waals surface area (Å²) in [6.45, 7) is 5.52. The first-order chi connectivity index (χ1) is 13.8. The van der Waals surface area contributed by atoms with E-state index in [1.54, 1.807) is 23.8 Å². The van der Waals surface area contributed by atoms with Crippen LogP contribution in [0, 0.1) is 0 Å². The van der Waals surface area contributed by atoms with Gasteiger partial charge < -0.3 is 9.84 Å². The lowest BCUT2D eigenvalue weighted by molar-refractivity contribution is 0.195. The van der Waals surface area contributed by atoms with Crippen molar-refractivity contribution < 1.29 is 14.6 Å². The van der Waals surface area contributed by atoms with Gasteiger partial charge in [0.25, 0.3) is 0 Å². The Morgan fingerprint density at radius 3 is 2.72 bits per heavy atom. The Kier molecular flexibility index (Phi) is 4.79. The fraction of sp³-hybridized carbons (Fsp3) is 0.278. The number of ether oxygens (including phenoxy) is 1. The van der Waals surface area contributed by atoms with Crippen LogP contribution in [0.3, 0.4) is 0 Å². The molecular weight excluding hydrogens is 412 g/mol. The minimum Gasteiger partial charge on any atom is -0.480 e. The summed E-state index contributed by atoms with van der Waals surface area (Å²) in [6.07, 6.45) is -1.03. The van der Waals surface area contributed by atoms with Crippen molar-refractivity contribution in [2.24, 2.45) is 0 Å². The number of thiazole rings is 1. The molecule has 0 aliphatic carbocycles. The van der Waals surface area contributed by atoms with Crippen molar-refractivity contribution in [2.45, 2.75) is 36.4 Å². The van der Waals surface area contributed by atoms with Crippen molar-refractivity contribution >= 4 is 50.2 Å². The number of amides is 1. The topological polar surface area (TPSA) is 106 Å². The van der Waals surface area contributed by atoms with E-state index in [0.717, 1.165) is 15.1 Å². The van der Waals surface area contributed by atoms with E-state index in [4.69, 9.17) is 4.74 Å². The highest BCUT2D eigenvalue weighted by molar-refractivity contribution is 7.99. The van der Waals surface area contributed by atoms with Crippen molar-refractivity contribution in [3.63, 3.8) is 0 Å². The second kappa shape index (κ2) is 7.16. The Morgan fingerprint density at radius 2 is 2.03 bits per heavy atom. The van der Waals surface area contributed by atoms with Crippen LogP contribution in [0.25, 0.3) is 15.9 Å². The maximum absolute atomic E-state index is 11.7. The quantitative estimate of drug-likeness (QED) is 0.514. The Morgan fingerprint density at radius 1 is 1.24 bits per heavy atom. The zero-order chi connectivity index (χ0) is 20.8. The van der Waals surface area contributed by atoms with Gasteiger partial charge in [-0.2, -0.15) is 4.52 Å². The summed E-state index contributed by atoms with van der Waals surface area (Å²) in [5, 5.41) is 23.3. The molecule has 0 atom stereocenters. The summed E-state index contributed by atoms with van der Waals surface area (Å²) < 4.78 is 7.68.